The van der Waals surface area contributed by atoms with Gasteiger partial charge in [0.2, 0.25) is 5.91 Å². The van der Waals surface area contributed by atoms with Crippen LogP contribution in [0.15, 0.2) is 53.7 Å². The predicted octanol–water partition coefficient (Wildman–Crippen LogP) is 0.914. The maximum Gasteiger partial charge on any atom is 0.264 e. The van der Waals surface area contributed by atoms with Gasteiger partial charge in [0.1, 0.15) is 5.82 Å². The molecule has 0 aliphatic rings. The Morgan fingerprint density at radius 1 is 1.05 bits per heavy atom. The largest absolute Gasteiger partial charge is 0.274 e. The van der Waals surface area contributed by atoms with Gasteiger partial charge < -0.3 is 0 Å². The highest BCUT2D eigenvalue weighted by Crippen LogP contribution is 2.07. The van der Waals surface area contributed by atoms with Gasteiger partial charge >= 0.3 is 0 Å². The van der Waals surface area contributed by atoms with E-state index in [0.717, 1.165) is 0 Å². The summed E-state index contributed by atoms with van der Waals surface area (Å²) >= 11 is 0. The van der Waals surface area contributed by atoms with Crippen molar-refractivity contribution in [2.75, 3.05) is 0 Å². The minimum atomic E-state index is -3.80. The van der Waals surface area contributed by atoms with E-state index in [2.05, 4.69) is 9.97 Å². The summed E-state index contributed by atoms with van der Waals surface area (Å²) in [5, 5.41) is 0. The lowest BCUT2D eigenvalue weighted by Crippen LogP contribution is -2.30. The van der Waals surface area contributed by atoms with Crippen LogP contribution < -0.4 is 4.72 Å². The molecule has 0 bridgehead atoms. The summed E-state index contributed by atoms with van der Waals surface area (Å²) in [6.07, 6.45) is 3.44. The fraction of sp³-hybridized carbons (Fsp3) is 0.154. The molecule has 20 heavy (non-hydrogen) atoms. The van der Waals surface area contributed by atoms with Crippen LogP contribution in [0.2, 0.25) is 0 Å². The zero-order valence-electron chi connectivity index (χ0n) is 10.6. The summed E-state index contributed by atoms with van der Waals surface area (Å²) in [6.45, 7) is 0. The molecule has 1 heterocycles. The SMILES string of the molecule is O=C(CCc1ncccn1)NS(=O)(=O)c1ccccc1. The molecule has 0 saturated heterocycles. The van der Waals surface area contributed by atoms with Crippen molar-refractivity contribution in [3.63, 3.8) is 0 Å². The average Bonchev–Trinajstić information content (AvgIpc) is 2.47. The Kier molecular flexibility index (Phi) is 4.41. The normalized spacial score (nSPS) is 11.0. The molecule has 2 rings (SSSR count). The fourth-order valence-electron chi connectivity index (χ4n) is 1.54. The van der Waals surface area contributed by atoms with Gasteiger partial charge in [-0.25, -0.2) is 23.1 Å². The first kappa shape index (κ1) is 14.1. The highest BCUT2D eigenvalue weighted by Gasteiger charge is 2.16. The van der Waals surface area contributed by atoms with Crippen LogP contribution >= 0.6 is 0 Å². The van der Waals surface area contributed by atoms with Gasteiger partial charge in [-0.2, -0.15) is 0 Å². The van der Waals surface area contributed by atoms with E-state index < -0.39 is 15.9 Å². The van der Waals surface area contributed by atoms with Crippen molar-refractivity contribution in [3.05, 3.63) is 54.6 Å². The molecule has 0 saturated carbocycles. The first-order valence-electron chi connectivity index (χ1n) is 5.94. The smallest absolute Gasteiger partial charge is 0.264 e. The molecule has 0 unspecified atom stereocenters. The Balaban J connectivity index is 1.95. The van der Waals surface area contributed by atoms with E-state index in [1.165, 1.54) is 12.1 Å². The molecule has 0 atom stereocenters. The molecule has 6 nitrogen and oxygen atoms in total. The lowest BCUT2D eigenvalue weighted by molar-refractivity contribution is -0.119. The van der Waals surface area contributed by atoms with Gasteiger partial charge in [-0.05, 0) is 18.2 Å². The van der Waals surface area contributed by atoms with Crippen LogP contribution in [0.25, 0.3) is 0 Å². The van der Waals surface area contributed by atoms with Crippen LogP contribution in [-0.2, 0) is 21.2 Å². The van der Waals surface area contributed by atoms with Crippen molar-refractivity contribution in [2.24, 2.45) is 0 Å². The predicted molar refractivity (Wildman–Crippen MR) is 72.1 cm³/mol. The lowest BCUT2D eigenvalue weighted by atomic mass is 10.3. The number of aryl methyl sites for hydroxylation is 1. The van der Waals surface area contributed by atoms with Crippen molar-refractivity contribution < 1.29 is 13.2 Å². The molecule has 0 radical (unpaired) electrons. The van der Waals surface area contributed by atoms with Gasteiger partial charge in [0.15, 0.2) is 0 Å². The van der Waals surface area contributed by atoms with Crippen molar-refractivity contribution in [3.8, 4) is 0 Å². The lowest BCUT2D eigenvalue weighted by Gasteiger charge is -2.06. The first-order valence-corrected chi connectivity index (χ1v) is 7.43. The Morgan fingerprint density at radius 2 is 1.70 bits per heavy atom. The number of hydrogen-bond donors (Lipinski definition) is 1. The number of nitrogens with zero attached hydrogens (tertiary/aromatic N) is 2. The van der Waals surface area contributed by atoms with Crippen molar-refractivity contribution in [2.45, 2.75) is 17.7 Å². The molecule has 1 N–H and O–H groups in total. The standard InChI is InChI=1S/C13H13N3O3S/c17-13(8-7-12-14-9-4-10-15-12)16-20(18,19)11-5-2-1-3-6-11/h1-6,9-10H,7-8H2,(H,16,17). The molecule has 7 heteroatoms. The number of rotatable bonds is 5. The van der Waals surface area contributed by atoms with Crippen LogP contribution in [0.3, 0.4) is 0 Å². The molecule has 1 aromatic carbocycles. The summed E-state index contributed by atoms with van der Waals surface area (Å²) < 4.78 is 25.8. The highest BCUT2D eigenvalue weighted by molar-refractivity contribution is 7.90. The van der Waals surface area contributed by atoms with Crippen molar-refractivity contribution in [1.29, 1.82) is 0 Å². The van der Waals surface area contributed by atoms with E-state index in [1.54, 1.807) is 36.7 Å². The van der Waals surface area contributed by atoms with Crippen molar-refractivity contribution >= 4 is 15.9 Å². The Morgan fingerprint density at radius 3 is 2.35 bits per heavy atom. The van der Waals surface area contributed by atoms with Gasteiger partial charge in [0.05, 0.1) is 4.90 Å². The number of carbonyl (C=O) groups excluding carboxylic acids is 1. The number of benzene rings is 1. The number of hydrogen-bond acceptors (Lipinski definition) is 5. The summed E-state index contributed by atoms with van der Waals surface area (Å²) in [7, 11) is -3.80. The van der Waals surface area contributed by atoms with Gasteiger partial charge in [0.25, 0.3) is 10.0 Å². The topological polar surface area (TPSA) is 89.0 Å². The molecule has 0 aliphatic carbocycles. The van der Waals surface area contributed by atoms with E-state index in [9.17, 15) is 13.2 Å². The molecular formula is C13H13N3O3S. The van der Waals surface area contributed by atoms with Crippen LogP contribution in [0.4, 0.5) is 0 Å². The van der Waals surface area contributed by atoms with Gasteiger partial charge in [-0.15, -0.1) is 0 Å². The van der Waals surface area contributed by atoms with Crippen LogP contribution in [0, 0.1) is 0 Å². The second-order valence-electron chi connectivity index (χ2n) is 4.01. The fourth-order valence-corrected chi connectivity index (χ4v) is 2.58. The Bertz CT molecular complexity index is 673. The van der Waals surface area contributed by atoms with Crippen LogP contribution in [0.5, 0.6) is 0 Å². The molecule has 0 fully saturated rings. The van der Waals surface area contributed by atoms with E-state index in [1.807, 2.05) is 4.72 Å². The Labute approximate surface area is 116 Å². The molecule has 1 amide bonds. The maximum atomic E-state index is 11.9. The third-order valence-corrected chi connectivity index (χ3v) is 3.89. The molecule has 2 aromatic rings. The summed E-state index contributed by atoms with van der Waals surface area (Å²) in [4.78, 5) is 19.6. The minimum Gasteiger partial charge on any atom is -0.274 e. The molecule has 0 spiro atoms. The number of aromatic nitrogens is 2. The van der Waals surface area contributed by atoms with E-state index in [-0.39, 0.29) is 17.7 Å². The number of nitrogens with one attached hydrogen (secondary N) is 1. The third-order valence-electron chi connectivity index (χ3n) is 2.50. The molecular weight excluding hydrogens is 278 g/mol. The number of carbonyl (C=O) groups is 1. The van der Waals surface area contributed by atoms with Gasteiger partial charge in [-0.3, -0.25) is 4.79 Å². The second kappa shape index (κ2) is 6.25. The summed E-state index contributed by atoms with van der Waals surface area (Å²) in [5.74, 6) is -0.0823. The second-order valence-corrected chi connectivity index (χ2v) is 5.69. The zero-order chi connectivity index (χ0) is 14.4. The quantitative estimate of drug-likeness (QED) is 0.884. The zero-order valence-corrected chi connectivity index (χ0v) is 11.4. The van der Waals surface area contributed by atoms with E-state index >= 15 is 0 Å². The first-order chi connectivity index (χ1) is 9.58. The average molecular weight is 291 g/mol. The van der Waals surface area contributed by atoms with E-state index in [4.69, 9.17) is 0 Å². The molecule has 0 aliphatic heterocycles. The maximum absolute atomic E-state index is 11.9. The Hall–Kier alpha value is -2.28. The van der Waals surface area contributed by atoms with E-state index in [0.29, 0.717) is 5.82 Å². The summed E-state index contributed by atoms with van der Waals surface area (Å²) in [5.41, 5.74) is 0. The number of sulfonamides is 1. The monoisotopic (exact) mass is 291 g/mol. The third kappa shape index (κ3) is 3.86. The van der Waals surface area contributed by atoms with Gasteiger partial charge in [0, 0.05) is 25.2 Å². The molecule has 1 aromatic heterocycles. The summed E-state index contributed by atoms with van der Waals surface area (Å²) in [6, 6.07) is 9.41. The molecule has 104 valence electrons. The minimum absolute atomic E-state index is 0.01000. The van der Waals surface area contributed by atoms with Crippen molar-refractivity contribution in [1.82, 2.24) is 14.7 Å². The van der Waals surface area contributed by atoms with Crippen LogP contribution in [0.1, 0.15) is 12.2 Å². The van der Waals surface area contributed by atoms with Crippen LogP contribution in [-0.4, -0.2) is 24.3 Å². The van der Waals surface area contributed by atoms with Gasteiger partial charge in [-0.1, -0.05) is 18.2 Å². The highest BCUT2D eigenvalue weighted by atomic mass is 32.2. The number of amides is 1.